The highest BCUT2D eigenvalue weighted by Gasteiger charge is 2.21. The Morgan fingerprint density at radius 1 is 1.06 bits per heavy atom. The molecule has 0 aromatic carbocycles. The summed E-state index contributed by atoms with van der Waals surface area (Å²) in [5, 5.41) is 0. The van der Waals surface area contributed by atoms with Crippen LogP contribution in [-0.4, -0.2) is 35.4 Å². The second-order valence-corrected chi connectivity index (χ2v) is 6.28. The zero-order chi connectivity index (χ0) is 11.2. The lowest BCUT2D eigenvalue weighted by Gasteiger charge is -2.25. The maximum Gasteiger partial charge on any atom is 0.222 e. The predicted molar refractivity (Wildman–Crippen MR) is 69.7 cm³/mol. The third-order valence-electron chi connectivity index (χ3n) is 3.76. The Balaban J connectivity index is 1.76. The van der Waals surface area contributed by atoms with Crippen molar-refractivity contribution in [3.63, 3.8) is 0 Å². The van der Waals surface area contributed by atoms with Crippen LogP contribution >= 0.6 is 11.8 Å². The summed E-state index contributed by atoms with van der Waals surface area (Å²) in [6.45, 7) is 2.03. The molecule has 92 valence electrons. The van der Waals surface area contributed by atoms with Gasteiger partial charge in [0.25, 0.3) is 0 Å². The van der Waals surface area contributed by atoms with Crippen molar-refractivity contribution in [3.8, 4) is 0 Å². The fraction of sp³-hybridized carbons (Fsp3) is 0.923. The van der Waals surface area contributed by atoms with E-state index < -0.39 is 0 Å². The van der Waals surface area contributed by atoms with Crippen LogP contribution in [-0.2, 0) is 4.79 Å². The van der Waals surface area contributed by atoms with Crippen molar-refractivity contribution in [1.29, 1.82) is 0 Å². The summed E-state index contributed by atoms with van der Waals surface area (Å²) >= 11 is 2.04. The lowest BCUT2D eigenvalue weighted by atomic mass is 9.98. The minimum Gasteiger partial charge on any atom is -0.343 e. The molecule has 0 aromatic rings. The number of likely N-dealkylation sites (tertiary alicyclic amines) is 1. The van der Waals surface area contributed by atoms with E-state index in [-0.39, 0.29) is 0 Å². The number of hydrogen-bond donors (Lipinski definition) is 0. The van der Waals surface area contributed by atoms with E-state index in [0.29, 0.717) is 11.8 Å². The molecule has 0 radical (unpaired) electrons. The van der Waals surface area contributed by atoms with Gasteiger partial charge in [-0.3, -0.25) is 4.79 Å². The summed E-state index contributed by atoms with van der Waals surface area (Å²) < 4.78 is 0. The first-order chi connectivity index (χ1) is 7.86. The van der Waals surface area contributed by atoms with Crippen molar-refractivity contribution >= 4 is 17.7 Å². The molecule has 0 saturated carbocycles. The van der Waals surface area contributed by atoms with Crippen molar-refractivity contribution in [2.24, 2.45) is 5.92 Å². The highest BCUT2D eigenvalue weighted by atomic mass is 32.2. The average Bonchev–Trinajstić information content (AvgIpc) is 2.59. The zero-order valence-electron chi connectivity index (χ0n) is 10.1. The zero-order valence-corrected chi connectivity index (χ0v) is 10.9. The van der Waals surface area contributed by atoms with Crippen molar-refractivity contribution in [2.45, 2.75) is 44.9 Å². The van der Waals surface area contributed by atoms with E-state index in [9.17, 15) is 4.79 Å². The lowest BCUT2D eigenvalue weighted by molar-refractivity contribution is -0.132. The van der Waals surface area contributed by atoms with Gasteiger partial charge in [0.05, 0.1) is 0 Å². The number of amides is 1. The van der Waals surface area contributed by atoms with E-state index in [1.54, 1.807) is 0 Å². The number of rotatable bonds is 2. The maximum atomic E-state index is 12.1. The molecule has 2 fully saturated rings. The van der Waals surface area contributed by atoms with Crippen molar-refractivity contribution < 1.29 is 4.79 Å². The number of hydrogen-bond acceptors (Lipinski definition) is 2. The molecule has 0 spiro atoms. The van der Waals surface area contributed by atoms with Gasteiger partial charge in [-0.2, -0.15) is 11.8 Å². The summed E-state index contributed by atoms with van der Waals surface area (Å²) in [4.78, 5) is 14.3. The van der Waals surface area contributed by atoms with Gasteiger partial charge in [0.1, 0.15) is 0 Å². The van der Waals surface area contributed by atoms with Gasteiger partial charge in [-0.15, -0.1) is 0 Å². The van der Waals surface area contributed by atoms with Crippen LogP contribution < -0.4 is 0 Å². The van der Waals surface area contributed by atoms with E-state index in [2.05, 4.69) is 4.90 Å². The Morgan fingerprint density at radius 3 is 2.31 bits per heavy atom. The SMILES string of the molecule is O=C(CC1CCSCC1)N1CCCCCC1. The van der Waals surface area contributed by atoms with Crippen LogP contribution in [0.25, 0.3) is 0 Å². The van der Waals surface area contributed by atoms with Gasteiger partial charge in [-0.25, -0.2) is 0 Å². The average molecular weight is 241 g/mol. The van der Waals surface area contributed by atoms with E-state index in [1.807, 2.05) is 11.8 Å². The normalized spacial score (nSPS) is 24.1. The lowest BCUT2D eigenvalue weighted by Crippen LogP contribution is -2.33. The first kappa shape index (κ1) is 12.3. The molecule has 0 N–H and O–H groups in total. The van der Waals surface area contributed by atoms with E-state index in [0.717, 1.165) is 19.5 Å². The predicted octanol–water partition coefficient (Wildman–Crippen LogP) is 2.92. The second kappa shape index (κ2) is 6.53. The summed E-state index contributed by atoms with van der Waals surface area (Å²) in [6, 6.07) is 0. The Bertz CT molecular complexity index is 218. The third-order valence-corrected chi connectivity index (χ3v) is 4.81. The number of carbonyl (C=O) groups is 1. The van der Waals surface area contributed by atoms with Crippen molar-refractivity contribution in [1.82, 2.24) is 4.90 Å². The number of nitrogens with zero attached hydrogens (tertiary/aromatic N) is 1. The number of carbonyl (C=O) groups excluding carboxylic acids is 1. The third kappa shape index (κ3) is 3.69. The topological polar surface area (TPSA) is 20.3 Å². The molecule has 2 aliphatic heterocycles. The molecule has 0 atom stereocenters. The van der Waals surface area contributed by atoms with Gasteiger partial charge in [0, 0.05) is 19.5 Å². The smallest absolute Gasteiger partial charge is 0.222 e. The standard InChI is InChI=1S/C13H23NOS/c15-13(11-12-5-9-16-10-6-12)14-7-3-1-2-4-8-14/h12H,1-11H2. The molecule has 2 saturated heterocycles. The Morgan fingerprint density at radius 2 is 1.69 bits per heavy atom. The largest absolute Gasteiger partial charge is 0.343 e. The molecule has 0 aliphatic carbocycles. The van der Waals surface area contributed by atoms with Gasteiger partial charge in [0.2, 0.25) is 5.91 Å². The Labute approximate surface area is 103 Å². The maximum absolute atomic E-state index is 12.1. The van der Waals surface area contributed by atoms with Crippen LogP contribution in [0.5, 0.6) is 0 Å². The summed E-state index contributed by atoms with van der Waals surface area (Å²) in [6.07, 6.45) is 8.38. The molecule has 2 aliphatic rings. The van der Waals surface area contributed by atoms with Crippen LogP contribution in [0.4, 0.5) is 0 Å². The van der Waals surface area contributed by atoms with Crippen molar-refractivity contribution in [3.05, 3.63) is 0 Å². The van der Waals surface area contributed by atoms with Gasteiger partial charge in [-0.05, 0) is 43.1 Å². The van der Waals surface area contributed by atoms with Gasteiger partial charge in [0.15, 0.2) is 0 Å². The molecule has 16 heavy (non-hydrogen) atoms. The van der Waals surface area contributed by atoms with E-state index in [1.165, 1.54) is 50.0 Å². The molecular weight excluding hydrogens is 218 g/mol. The summed E-state index contributed by atoms with van der Waals surface area (Å²) in [7, 11) is 0. The van der Waals surface area contributed by atoms with Crippen molar-refractivity contribution in [2.75, 3.05) is 24.6 Å². The van der Waals surface area contributed by atoms with Gasteiger partial charge in [-0.1, -0.05) is 12.8 Å². The molecule has 2 rings (SSSR count). The first-order valence-electron chi connectivity index (χ1n) is 6.72. The highest BCUT2D eigenvalue weighted by molar-refractivity contribution is 7.99. The van der Waals surface area contributed by atoms with Crippen LogP contribution in [0.2, 0.25) is 0 Å². The van der Waals surface area contributed by atoms with Crippen LogP contribution in [0, 0.1) is 5.92 Å². The molecule has 1 amide bonds. The second-order valence-electron chi connectivity index (χ2n) is 5.05. The molecular formula is C13H23NOS. The molecule has 0 unspecified atom stereocenters. The monoisotopic (exact) mass is 241 g/mol. The minimum atomic E-state index is 0.429. The van der Waals surface area contributed by atoms with Crippen LogP contribution in [0.1, 0.15) is 44.9 Å². The highest BCUT2D eigenvalue weighted by Crippen LogP contribution is 2.26. The molecule has 0 bridgehead atoms. The Hall–Kier alpha value is -0.180. The Kier molecular flexibility index (Phi) is 5.01. The summed E-state index contributed by atoms with van der Waals surface area (Å²) in [5.74, 6) is 3.63. The van der Waals surface area contributed by atoms with Crippen LogP contribution in [0.15, 0.2) is 0 Å². The van der Waals surface area contributed by atoms with E-state index in [4.69, 9.17) is 0 Å². The molecule has 2 nitrogen and oxygen atoms in total. The van der Waals surface area contributed by atoms with Crippen LogP contribution in [0.3, 0.4) is 0 Å². The quantitative estimate of drug-likeness (QED) is 0.741. The van der Waals surface area contributed by atoms with Gasteiger partial charge >= 0.3 is 0 Å². The fourth-order valence-electron chi connectivity index (χ4n) is 2.65. The first-order valence-corrected chi connectivity index (χ1v) is 7.87. The molecule has 2 heterocycles. The fourth-order valence-corrected chi connectivity index (χ4v) is 3.85. The summed E-state index contributed by atoms with van der Waals surface area (Å²) in [5.41, 5.74) is 0. The number of thioether (sulfide) groups is 1. The minimum absolute atomic E-state index is 0.429. The van der Waals surface area contributed by atoms with Gasteiger partial charge < -0.3 is 4.90 Å². The molecule has 0 aromatic heterocycles. The molecule has 3 heteroatoms. The van der Waals surface area contributed by atoms with E-state index >= 15 is 0 Å².